The third kappa shape index (κ3) is 3.42. The number of likely N-dealkylation sites (tertiary alicyclic amines) is 1. The summed E-state index contributed by atoms with van der Waals surface area (Å²) in [5.74, 6) is -1.12. The topological polar surface area (TPSA) is 32.7 Å². The quantitative estimate of drug-likeness (QED) is 0.915. The lowest BCUT2D eigenvalue weighted by Crippen LogP contribution is -2.26. The average Bonchev–Trinajstić information content (AvgIpc) is 2.60. The lowest BCUT2D eigenvalue weighted by atomic mass is 10.1. The van der Waals surface area contributed by atoms with E-state index in [4.69, 9.17) is 4.74 Å². The summed E-state index contributed by atoms with van der Waals surface area (Å²) in [6.45, 7) is 1.60. The summed E-state index contributed by atoms with van der Waals surface area (Å²) in [7, 11) is 1.36. The summed E-state index contributed by atoms with van der Waals surface area (Å²) in [5.41, 5.74) is 0.0377. The van der Waals surface area contributed by atoms with Crippen LogP contribution in [0, 0.1) is 11.6 Å². The van der Waals surface area contributed by atoms with Crippen LogP contribution >= 0.6 is 0 Å². The van der Waals surface area contributed by atoms with Gasteiger partial charge in [0.1, 0.15) is 5.82 Å². The molecule has 1 heterocycles. The van der Waals surface area contributed by atoms with Gasteiger partial charge < -0.3 is 9.84 Å². The summed E-state index contributed by atoms with van der Waals surface area (Å²) < 4.78 is 32.6. The van der Waals surface area contributed by atoms with Gasteiger partial charge in [-0.05, 0) is 37.9 Å². The molecule has 1 N–H and O–H groups in total. The van der Waals surface area contributed by atoms with Crippen molar-refractivity contribution < 1.29 is 18.6 Å². The molecule has 1 atom stereocenters. The molecule has 0 aromatic heterocycles. The van der Waals surface area contributed by atoms with Crippen molar-refractivity contribution in [2.75, 3.05) is 20.2 Å². The van der Waals surface area contributed by atoms with Crippen molar-refractivity contribution in [2.45, 2.75) is 31.9 Å². The van der Waals surface area contributed by atoms with Crippen molar-refractivity contribution in [3.8, 4) is 5.75 Å². The van der Waals surface area contributed by atoms with Crippen LogP contribution in [0.2, 0.25) is 0 Å². The zero-order chi connectivity index (χ0) is 13.8. The molecule has 0 bridgehead atoms. The summed E-state index contributed by atoms with van der Waals surface area (Å²) in [6, 6.07) is 2.52. The van der Waals surface area contributed by atoms with Crippen LogP contribution in [0.5, 0.6) is 5.75 Å². The van der Waals surface area contributed by atoms with Gasteiger partial charge in [-0.25, -0.2) is 8.78 Å². The van der Waals surface area contributed by atoms with E-state index in [1.165, 1.54) is 19.2 Å². The Bertz CT molecular complexity index is 440. The van der Waals surface area contributed by atoms with Gasteiger partial charge >= 0.3 is 0 Å². The molecular weight excluding hydrogens is 252 g/mol. The number of halogens is 2. The highest BCUT2D eigenvalue weighted by atomic mass is 19.1. The zero-order valence-corrected chi connectivity index (χ0v) is 11.0. The van der Waals surface area contributed by atoms with E-state index in [2.05, 4.69) is 0 Å². The molecule has 19 heavy (non-hydrogen) atoms. The highest BCUT2D eigenvalue weighted by Crippen LogP contribution is 2.25. The number of aliphatic hydroxyl groups is 1. The maximum atomic E-state index is 14.0. The molecule has 3 nitrogen and oxygen atoms in total. The number of methoxy groups -OCH3 is 1. The molecule has 1 aromatic rings. The van der Waals surface area contributed by atoms with Crippen molar-refractivity contribution in [3.63, 3.8) is 0 Å². The fraction of sp³-hybridized carbons (Fsp3) is 0.571. The molecule has 1 aromatic carbocycles. The van der Waals surface area contributed by atoms with Crippen LogP contribution in [0.15, 0.2) is 12.1 Å². The molecule has 1 fully saturated rings. The second kappa shape index (κ2) is 6.30. The summed E-state index contributed by atoms with van der Waals surface area (Å²) in [6.07, 6.45) is 1.94. The highest BCUT2D eigenvalue weighted by Gasteiger charge is 2.20. The molecule has 1 saturated heterocycles. The first-order chi connectivity index (χ1) is 9.11. The van der Waals surface area contributed by atoms with Crippen molar-refractivity contribution in [3.05, 3.63) is 29.3 Å². The van der Waals surface area contributed by atoms with Gasteiger partial charge in [0, 0.05) is 18.7 Å². The number of aliphatic hydroxyl groups excluding tert-OH is 1. The SMILES string of the molecule is COc1ccc(F)c(CN2CCC[C@@H](O)CC2)c1F. The monoisotopic (exact) mass is 271 g/mol. The van der Waals surface area contributed by atoms with E-state index >= 15 is 0 Å². The van der Waals surface area contributed by atoms with Gasteiger partial charge in [0.05, 0.1) is 13.2 Å². The minimum Gasteiger partial charge on any atom is -0.494 e. The second-order valence-corrected chi connectivity index (χ2v) is 4.90. The van der Waals surface area contributed by atoms with E-state index in [0.717, 1.165) is 19.4 Å². The Labute approximate surface area is 111 Å². The van der Waals surface area contributed by atoms with E-state index in [1.54, 1.807) is 0 Å². The number of ether oxygens (including phenoxy) is 1. The molecule has 2 rings (SSSR count). The van der Waals surface area contributed by atoms with Crippen LogP contribution < -0.4 is 4.74 Å². The van der Waals surface area contributed by atoms with Gasteiger partial charge in [-0.3, -0.25) is 4.90 Å². The van der Waals surface area contributed by atoms with E-state index in [0.29, 0.717) is 13.0 Å². The Morgan fingerprint density at radius 3 is 2.84 bits per heavy atom. The van der Waals surface area contributed by atoms with Crippen LogP contribution in [0.25, 0.3) is 0 Å². The van der Waals surface area contributed by atoms with E-state index in [-0.39, 0.29) is 24.0 Å². The fourth-order valence-electron chi connectivity index (χ4n) is 2.40. The number of hydrogen-bond acceptors (Lipinski definition) is 3. The van der Waals surface area contributed by atoms with Crippen LogP contribution in [0.3, 0.4) is 0 Å². The van der Waals surface area contributed by atoms with Gasteiger partial charge in [-0.15, -0.1) is 0 Å². The lowest BCUT2D eigenvalue weighted by molar-refractivity contribution is 0.154. The third-order valence-electron chi connectivity index (χ3n) is 3.54. The minimum absolute atomic E-state index is 0.0377. The first-order valence-electron chi connectivity index (χ1n) is 6.53. The molecule has 1 aliphatic heterocycles. The maximum absolute atomic E-state index is 14.0. The first-order valence-corrected chi connectivity index (χ1v) is 6.53. The Morgan fingerprint density at radius 1 is 1.32 bits per heavy atom. The predicted molar refractivity (Wildman–Crippen MR) is 68.0 cm³/mol. The summed E-state index contributed by atoms with van der Waals surface area (Å²) in [5, 5.41) is 9.57. The molecule has 0 unspecified atom stereocenters. The number of hydrogen-bond donors (Lipinski definition) is 1. The van der Waals surface area contributed by atoms with Crippen molar-refractivity contribution in [2.24, 2.45) is 0 Å². The Kier molecular flexibility index (Phi) is 4.71. The van der Waals surface area contributed by atoms with Crippen LogP contribution in [-0.4, -0.2) is 36.3 Å². The van der Waals surface area contributed by atoms with Gasteiger partial charge in [0.25, 0.3) is 0 Å². The van der Waals surface area contributed by atoms with Crippen molar-refractivity contribution >= 4 is 0 Å². The molecule has 0 aliphatic carbocycles. The van der Waals surface area contributed by atoms with Crippen LogP contribution in [-0.2, 0) is 6.54 Å². The Morgan fingerprint density at radius 2 is 2.11 bits per heavy atom. The van der Waals surface area contributed by atoms with E-state index < -0.39 is 11.6 Å². The molecule has 0 amide bonds. The summed E-state index contributed by atoms with van der Waals surface area (Å²) in [4.78, 5) is 1.97. The van der Waals surface area contributed by atoms with Gasteiger partial charge in [0.2, 0.25) is 0 Å². The zero-order valence-electron chi connectivity index (χ0n) is 11.0. The predicted octanol–water partition coefficient (Wildman–Crippen LogP) is 2.32. The first kappa shape index (κ1) is 14.2. The minimum atomic E-state index is -0.632. The highest BCUT2D eigenvalue weighted by molar-refractivity contribution is 5.32. The van der Waals surface area contributed by atoms with Crippen molar-refractivity contribution in [1.29, 1.82) is 0 Å². The van der Waals surface area contributed by atoms with E-state index in [1.807, 2.05) is 4.90 Å². The van der Waals surface area contributed by atoms with Gasteiger partial charge in [0.15, 0.2) is 11.6 Å². The molecule has 5 heteroatoms. The number of nitrogens with zero attached hydrogens (tertiary/aromatic N) is 1. The largest absolute Gasteiger partial charge is 0.494 e. The summed E-state index contributed by atoms with van der Waals surface area (Å²) >= 11 is 0. The van der Waals surface area contributed by atoms with Crippen LogP contribution in [0.4, 0.5) is 8.78 Å². The maximum Gasteiger partial charge on any atom is 0.172 e. The normalized spacial score (nSPS) is 21.2. The van der Waals surface area contributed by atoms with E-state index in [9.17, 15) is 13.9 Å². The molecular formula is C14H19F2NO2. The average molecular weight is 271 g/mol. The molecule has 1 aliphatic rings. The van der Waals surface area contributed by atoms with Crippen molar-refractivity contribution in [1.82, 2.24) is 4.90 Å². The number of rotatable bonds is 3. The van der Waals surface area contributed by atoms with Gasteiger partial charge in [-0.1, -0.05) is 0 Å². The molecule has 106 valence electrons. The second-order valence-electron chi connectivity index (χ2n) is 4.90. The number of benzene rings is 1. The standard InChI is InChI=1S/C14H19F2NO2/c1-19-13-5-4-12(15)11(14(13)16)9-17-7-2-3-10(18)6-8-17/h4-5,10,18H,2-3,6-9H2,1H3/t10-/m1/s1. The smallest absolute Gasteiger partial charge is 0.172 e. The molecule has 0 radical (unpaired) electrons. The molecule has 0 spiro atoms. The van der Waals surface area contributed by atoms with Gasteiger partial charge in [-0.2, -0.15) is 0 Å². The Balaban J connectivity index is 2.14. The van der Waals surface area contributed by atoms with Crippen LogP contribution in [0.1, 0.15) is 24.8 Å². The lowest BCUT2D eigenvalue weighted by Gasteiger charge is -2.21. The fourth-order valence-corrected chi connectivity index (χ4v) is 2.40. The third-order valence-corrected chi connectivity index (χ3v) is 3.54. The molecule has 0 saturated carbocycles. The Hall–Kier alpha value is -1.20.